The molecule has 2 heterocycles. The second kappa shape index (κ2) is 2.34. The number of carbonyl (C=O) groups excluding carboxylic acids is 1. The van der Waals surface area contributed by atoms with Crippen LogP contribution in [0.3, 0.4) is 0 Å². The molecule has 0 spiro atoms. The Morgan fingerprint density at radius 2 is 2.23 bits per heavy atom. The van der Waals surface area contributed by atoms with Gasteiger partial charge in [0.1, 0.15) is 0 Å². The van der Waals surface area contributed by atoms with Gasteiger partial charge < -0.3 is 4.90 Å². The summed E-state index contributed by atoms with van der Waals surface area (Å²) in [6.45, 7) is 6.75. The van der Waals surface area contributed by atoms with Crippen LogP contribution >= 0.6 is 0 Å². The fraction of sp³-hybridized carbons (Fsp3) is 0.556. The van der Waals surface area contributed by atoms with Crippen LogP contribution in [0.25, 0.3) is 0 Å². The highest BCUT2D eigenvalue weighted by Crippen LogP contribution is 2.27. The number of aromatic nitrogens is 2. The van der Waals surface area contributed by atoms with Gasteiger partial charge in [0.15, 0.2) is 0 Å². The van der Waals surface area contributed by atoms with Crippen molar-refractivity contribution in [3.05, 3.63) is 17.5 Å². The van der Waals surface area contributed by atoms with Crippen molar-refractivity contribution in [2.75, 3.05) is 0 Å². The molecule has 1 amide bonds. The first-order chi connectivity index (χ1) is 6.00. The van der Waals surface area contributed by atoms with Crippen LogP contribution in [0.15, 0.2) is 6.20 Å². The maximum atomic E-state index is 11.8. The molecule has 0 saturated carbocycles. The number of carbonyl (C=O) groups is 1. The average molecular weight is 179 g/mol. The van der Waals surface area contributed by atoms with Gasteiger partial charge in [0, 0.05) is 5.54 Å². The first kappa shape index (κ1) is 8.29. The second-order valence-corrected chi connectivity index (χ2v) is 4.32. The molecule has 1 aromatic rings. The van der Waals surface area contributed by atoms with E-state index in [1.54, 1.807) is 6.20 Å². The van der Waals surface area contributed by atoms with Crippen LogP contribution in [-0.2, 0) is 6.54 Å². The predicted molar refractivity (Wildman–Crippen MR) is 48.2 cm³/mol. The van der Waals surface area contributed by atoms with Crippen molar-refractivity contribution in [2.45, 2.75) is 32.9 Å². The van der Waals surface area contributed by atoms with E-state index in [2.05, 4.69) is 10.2 Å². The number of nitrogens with one attached hydrogen (secondary N) is 1. The van der Waals surface area contributed by atoms with E-state index in [1.807, 2.05) is 25.7 Å². The zero-order valence-corrected chi connectivity index (χ0v) is 8.09. The number of hydrogen-bond acceptors (Lipinski definition) is 2. The number of rotatable bonds is 0. The third kappa shape index (κ3) is 1.13. The van der Waals surface area contributed by atoms with Gasteiger partial charge in [-0.2, -0.15) is 5.10 Å². The largest absolute Gasteiger partial charge is 0.328 e. The van der Waals surface area contributed by atoms with Gasteiger partial charge in [-0.25, -0.2) is 0 Å². The molecule has 1 aliphatic heterocycles. The van der Waals surface area contributed by atoms with Gasteiger partial charge in [0.05, 0.1) is 24.0 Å². The molecule has 0 aliphatic carbocycles. The molecule has 0 aromatic carbocycles. The SMILES string of the molecule is CC(C)(C)N1Cc2[nH]ncc2C1=O. The number of H-pyrrole nitrogens is 1. The molecule has 1 aliphatic rings. The smallest absolute Gasteiger partial charge is 0.258 e. The molecule has 0 bridgehead atoms. The molecule has 0 radical (unpaired) electrons. The van der Waals surface area contributed by atoms with E-state index in [9.17, 15) is 4.79 Å². The van der Waals surface area contributed by atoms with Crippen LogP contribution in [0.2, 0.25) is 0 Å². The first-order valence-corrected chi connectivity index (χ1v) is 4.34. The van der Waals surface area contributed by atoms with Gasteiger partial charge in [0.2, 0.25) is 0 Å². The lowest BCUT2D eigenvalue weighted by molar-refractivity contribution is 0.0606. The molecular formula is C9H13N3O. The minimum absolute atomic E-state index is 0.0799. The number of amides is 1. The van der Waals surface area contributed by atoms with Crippen LogP contribution in [0.4, 0.5) is 0 Å². The van der Waals surface area contributed by atoms with Crippen LogP contribution < -0.4 is 0 Å². The van der Waals surface area contributed by atoms with E-state index in [4.69, 9.17) is 0 Å². The maximum Gasteiger partial charge on any atom is 0.258 e. The summed E-state index contributed by atoms with van der Waals surface area (Å²) < 4.78 is 0. The minimum Gasteiger partial charge on any atom is -0.328 e. The molecule has 4 heteroatoms. The summed E-state index contributed by atoms with van der Waals surface area (Å²) in [5.74, 6) is 0.0799. The van der Waals surface area contributed by atoms with Crippen molar-refractivity contribution < 1.29 is 4.79 Å². The summed E-state index contributed by atoms with van der Waals surface area (Å²) in [5, 5.41) is 6.68. The Bertz CT molecular complexity index is 348. The maximum absolute atomic E-state index is 11.8. The van der Waals surface area contributed by atoms with Crippen molar-refractivity contribution >= 4 is 5.91 Å². The van der Waals surface area contributed by atoms with E-state index in [1.165, 1.54) is 0 Å². The molecule has 0 atom stereocenters. The lowest BCUT2D eigenvalue weighted by atomic mass is 10.1. The number of hydrogen-bond donors (Lipinski definition) is 1. The first-order valence-electron chi connectivity index (χ1n) is 4.34. The van der Waals surface area contributed by atoms with E-state index < -0.39 is 0 Å². The standard InChI is InChI=1S/C9H13N3O/c1-9(2,3)12-5-7-6(8(12)13)4-10-11-7/h4H,5H2,1-3H3,(H,10,11). The second-order valence-electron chi connectivity index (χ2n) is 4.32. The highest BCUT2D eigenvalue weighted by molar-refractivity contribution is 5.98. The lowest BCUT2D eigenvalue weighted by Gasteiger charge is -2.31. The number of aromatic amines is 1. The molecule has 0 unspecified atom stereocenters. The summed E-state index contributed by atoms with van der Waals surface area (Å²) in [6, 6.07) is 0. The van der Waals surface area contributed by atoms with Crippen molar-refractivity contribution in [1.82, 2.24) is 15.1 Å². The van der Waals surface area contributed by atoms with Crippen LogP contribution in [0.5, 0.6) is 0 Å². The monoisotopic (exact) mass is 179 g/mol. The summed E-state index contributed by atoms with van der Waals surface area (Å²) in [4.78, 5) is 13.6. The quantitative estimate of drug-likeness (QED) is 0.649. The normalized spacial score (nSPS) is 16.5. The summed E-state index contributed by atoms with van der Waals surface area (Å²) >= 11 is 0. The molecular weight excluding hydrogens is 166 g/mol. The van der Waals surface area contributed by atoms with Crippen molar-refractivity contribution in [2.24, 2.45) is 0 Å². The van der Waals surface area contributed by atoms with Gasteiger partial charge in [0.25, 0.3) is 5.91 Å². The lowest BCUT2D eigenvalue weighted by Crippen LogP contribution is -2.41. The predicted octanol–water partition coefficient (Wildman–Crippen LogP) is 1.16. The van der Waals surface area contributed by atoms with Gasteiger partial charge >= 0.3 is 0 Å². The van der Waals surface area contributed by atoms with E-state index in [0.29, 0.717) is 6.54 Å². The third-order valence-corrected chi connectivity index (χ3v) is 2.32. The Kier molecular flexibility index (Phi) is 1.49. The third-order valence-electron chi connectivity index (χ3n) is 2.32. The van der Waals surface area contributed by atoms with Crippen molar-refractivity contribution in [3.8, 4) is 0 Å². The van der Waals surface area contributed by atoms with Gasteiger partial charge in [-0.3, -0.25) is 9.89 Å². The Morgan fingerprint density at radius 3 is 2.77 bits per heavy atom. The van der Waals surface area contributed by atoms with Gasteiger partial charge in [-0.05, 0) is 20.8 Å². The molecule has 0 saturated heterocycles. The molecule has 2 rings (SSSR count). The Balaban J connectivity index is 2.35. The number of nitrogens with zero attached hydrogens (tertiary/aromatic N) is 2. The van der Waals surface area contributed by atoms with Gasteiger partial charge in [-0.15, -0.1) is 0 Å². The van der Waals surface area contributed by atoms with Crippen LogP contribution in [0, 0.1) is 0 Å². The molecule has 0 fully saturated rings. The van der Waals surface area contributed by atoms with E-state index in [0.717, 1.165) is 11.3 Å². The van der Waals surface area contributed by atoms with Crippen LogP contribution in [0.1, 0.15) is 36.8 Å². The summed E-state index contributed by atoms with van der Waals surface area (Å²) in [5.41, 5.74) is 1.53. The Hall–Kier alpha value is -1.32. The fourth-order valence-electron chi connectivity index (χ4n) is 1.53. The zero-order chi connectivity index (χ0) is 9.64. The van der Waals surface area contributed by atoms with Crippen LogP contribution in [-0.4, -0.2) is 26.5 Å². The van der Waals surface area contributed by atoms with Crippen molar-refractivity contribution in [3.63, 3.8) is 0 Å². The molecule has 4 nitrogen and oxygen atoms in total. The molecule has 1 aromatic heterocycles. The summed E-state index contributed by atoms with van der Waals surface area (Å²) in [6.07, 6.45) is 1.60. The molecule has 70 valence electrons. The minimum atomic E-state index is -0.114. The van der Waals surface area contributed by atoms with E-state index in [-0.39, 0.29) is 11.4 Å². The average Bonchev–Trinajstić information content (AvgIpc) is 2.51. The Labute approximate surface area is 76.9 Å². The van der Waals surface area contributed by atoms with E-state index >= 15 is 0 Å². The fourth-order valence-corrected chi connectivity index (χ4v) is 1.53. The Morgan fingerprint density at radius 1 is 1.54 bits per heavy atom. The highest BCUT2D eigenvalue weighted by Gasteiger charge is 2.35. The summed E-state index contributed by atoms with van der Waals surface area (Å²) in [7, 11) is 0. The van der Waals surface area contributed by atoms with Gasteiger partial charge in [-0.1, -0.05) is 0 Å². The molecule has 13 heavy (non-hydrogen) atoms. The number of fused-ring (bicyclic) bond motifs is 1. The highest BCUT2D eigenvalue weighted by atomic mass is 16.2. The zero-order valence-electron chi connectivity index (χ0n) is 8.09. The molecule has 1 N–H and O–H groups in total. The topological polar surface area (TPSA) is 49.0 Å². The van der Waals surface area contributed by atoms with Crippen molar-refractivity contribution in [1.29, 1.82) is 0 Å².